The molecular formula is C20H25NO2S. The van der Waals surface area contributed by atoms with Gasteiger partial charge in [0.2, 0.25) is 10.0 Å². The Morgan fingerprint density at radius 3 is 2.38 bits per heavy atom. The van der Waals surface area contributed by atoms with E-state index in [-0.39, 0.29) is 0 Å². The second-order valence-corrected chi connectivity index (χ2v) is 7.91. The molecule has 4 heteroatoms. The van der Waals surface area contributed by atoms with Crippen LogP contribution in [0.5, 0.6) is 0 Å². The lowest BCUT2D eigenvalue weighted by Gasteiger charge is -2.26. The van der Waals surface area contributed by atoms with Crippen LogP contribution in [0.1, 0.15) is 36.5 Å². The van der Waals surface area contributed by atoms with Gasteiger partial charge in [0, 0.05) is 6.54 Å². The first-order chi connectivity index (χ1) is 11.4. The quantitative estimate of drug-likeness (QED) is 0.691. The molecule has 0 bridgehead atoms. The largest absolute Gasteiger partial charge is 0.270 e. The average molecular weight is 343 g/mol. The van der Waals surface area contributed by atoms with Gasteiger partial charge in [0.25, 0.3) is 0 Å². The Balaban J connectivity index is 2.58. The van der Waals surface area contributed by atoms with Crippen molar-refractivity contribution in [1.82, 2.24) is 4.31 Å². The second kappa shape index (κ2) is 8.15. The SMILES string of the molecule is CCCCN(/C(=C/c1ccccc1)c1cccc(C)c1)S(C)(=O)=O. The molecule has 0 aliphatic heterocycles. The first-order valence-corrected chi connectivity index (χ1v) is 10.1. The highest BCUT2D eigenvalue weighted by molar-refractivity contribution is 7.88. The Hall–Kier alpha value is -2.07. The summed E-state index contributed by atoms with van der Waals surface area (Å²) in [6.07, 6.45) is 4.99. The van der Waals surface area contributed by atoms with Crippen LogP contribution in [0.2, 0.25) is 0 Å². The van der Waals surface area contributed by atoms with E-state index in [1.54, 1.807) is 0 Å². The van der Waals surface area contributed by atoms with Crippen LogP contribution >= 0.6 is 0 Å². The van der Waals surface area contributed by atoms with Crippen molar-refractivity contribution in [2.75, 3.05) is 12.8 Å². The molecular weight excluding hydrogens is 318 g/mol. The van der Waals surface area contributed by atoms with Gasteiger partial charge >= 0.3 is 0 Å². The molecule has 3 nitrogen and oxygen atoms in total. The average Bonchev–Trinajstić information content (AvgIpc) is 2.54. The molecule has 0 aliphatic rings. The second-order valence-electron chi connectivity index (χ2n) is 6.00. The molecule has 0 saturated heterocycles. The van der Waals surface area contributed by atoms with Crippen molar-refractivity contribution >= 4 is 21.8 Å². The monoisotopic (exact) mass is 343 g/mol. The van der Waals surface area contributed by atoms with Gasteiger partial charge in [0.15, 0.2) is 0 Å². The zero-order valence-electron chi connectivity index (χ0n) is 14.6. The fraction of sp³-hybridized carbons (Fsp3) is 0.300. The maximum atomic E-state index is 12.4. The fourth-order valence-electron chi connectivity index (χ4n) is 2.58. The Kier molecular flexibility index (Phi) is 6.21. The number of nitrogens with zero attached hydrogens (tertiary/aromatic N) is 1. The molecule has 0 unspecified atom stereocenters. The van der Waals surface area contributed by atoms with Gasteiger partial charge in [-0.25, -0.2) is 8.42 Å². The highest BCUT2D eigenvalue weighted by Crippen LogP contribution is 2.26. The van der Waals surface area contributed by atoms with E-state index in [0.717, 1.165) is 35.2 Å². The van der Waals surface area contributed by atoms with Crippen molar-refractivity contribution < 1.29 is 8.42 Å². The van der Waals surface area contributed by atoms with Crippen LogP contribution in [-0.2, 0) is 10.0 Å². The molecule has 0 N–H and O–H groups in total. The normalized spacial score (nSPS) is 12.2. The molecule has 0 atom stereocenters. The maximum Gasteiger partial charge on any atom is 0.232 e. The van der Waals surface area contributed by atoms with Crippen LogP contribution in [0.15, 0.2) is 54.6 Å². The predicted molar refractivity (Wildman–Crippen MR) is 102 cm³/mol. The topological polar surface area (TPSA) is 37.4 Å². The highest BCUT2D eigenvalue weighted by atomic mass is 32.2. The van der Waals surface area contributed by atoms with Crippen molar-refractivity contribution in [2.45, 2.75) is 26.7 Å². The molecule has 2 rings (SSSR count). The van der Waals surface area contributed by atoms with Gasteiger partial charge in [-0.05, 0) is 36.6 Å². The van der Waals surface area contributed by atoms with E-state index in [0.29, 0.717) is 6.54 Å². The van der Waals surface area contributed by atoms with Crippen LogP contribution in [0, 0.1) is 6.92 Å². The predicted octanol–water partition coefficient (Wildman–Crippen LogP) is 4.55. The van der Waals surface area contributed by atoms with Crippen LogP contribution in [0.25, 0.3) is 11.8 Å². The lowest BCUT2D eigenvalue weighted by atomic mass is 10.1. The number of unbranched alkanes of at least 4 members (excludes halogenated alkanes) is 1. The van der Waals surface area contributed by atoms with Crippen molar-refractivity contribution in [3.63, 3.8) is 0 Å². The highest BCUT2D eigenvalue weighted by Gasteiger charge is 2.20. The van der Waals surface area contributed by atoms with Crippen LogP contribution in [0.3, 0.4) is 0 Å². The van der Waals surface area contributed by atoms with Crippen LogP contribution in [0.4, 0.5) is 0 Å². The summed E-state index contributed by atoms with van der Waals surface area (Å²) in [5, 5.41) is 0. The summed E-state index contributed by atoms with van der Waals surface area (Å²) < 4.78 is 26.4. The molecule has 128 valence electrons. The van der Waals surface area contributed by atoms with E-state index >= 15 is 0 Å². The van der Waals surface area contributed by atoms with Crippen molar-refractivity contribution in [2.24, 2.45) is 0 Å². The summed E-state index contributed by atoms with van der Waals surface area (Å²) in [5.41, 5.74) is 3.73. The van der Waals surface area contributed by atoms with Gasteiger partial charge in [-0.2, -0.15) is 0 Å². The smallest absolute Gasteiger partial charge is 0.232 e. The Labute approximate surface area is 145 Å². The molecule has 0 spiro atoms. The third-order valence-electron chi connectivity index (χ3n) is 3.80. The summed E-state index contributed by atoms with van der Waals surface area (Å²) in [4.78, 5) is 0. The number of rotatable bonds is 7. The van der Waals surface area contributed by atoms with E-state index < -0.39 is 10.0 Å². The number of aryl methyl sites for hydroxylation is 1. The van der Waals surface area contributed by atoms with Gasteiger partial charge in [-0.15, -0.1) is 0 Å². The number of hydrogen-bond donors (Lipinski definition) is 0. The molecule has 24 heavy (non-hydrogen) atoms. The maximum absolute atomic E-state index is 12.4. The third-order valence-corrected chi connectivity index (χ3v) is 4.98. The zero-order valence-corrected chi connectivity index (χ0v) is 15.4. The minimum atomic E-state index is -3.35. The van der Waals surface area contributed by atoms with E-state index in [4.69, 9.17) is 0 Å². The van der Waals surface area contributed by atoms with Crippen LogP contribution < -0.4 is 0 Å². The van der Waals surface area contributed by atoms with Gasteiger partial charge in [0.1, 0.15) is 0 Å². The van der Waals surface area contributed by atoms with E-state index in [1.807, 2.05) is 67.6 Å². The Morgan fingerprint density at radius 2 is 1.79 bits per heavy atom. The fourth-order valence-corrected chi connectivity index (χ4v) is 3.55. The van der Waals surface area contributed by atoms with E-state index in [1.165, 1.54) is 10.6 Å². The summed E-state index contributed by atoms with van der Waals surface area (Å²) >= 11 is 0. The standard InChI is InChI=1S/C20H25NO2S/c1-4-5-14-21(24(3,22)23)20(16-18-11-7-6-8-12-18)19-13-9-10-17(2)15-19/h6-13,15-16H,4-5,14H2,1-3H3/b20-16+. The molecule has 0 fully saturated rings. The van der Waals surface area contributed by atoms with Gasteiger partial charge in [-0.1, -0.05) is 67.4 Å². The van der Waals surface area contributed by atoms with E-state index in [2.05, 4.69) is 6.92 Å². The van der Waals surface area contributed by atoms with Gasteiger partial charge < -0.3 is 0 Å². The lowest BCUT2D eigenvalue weighted by molar-refractivity contribution is 0.505. The van der Waals surface area contributed by atoms with Gasteiger partial charge in [-0.3, -0.25) is 4.31 Å². The molecule has 0 amide bonds. The van der Waals surface area contributed by atoms with Crippen LogP contribution in [-0.4, -0.2) is 25.5 Å². The molecule has 2 aromatic carbocycles. The molecule has 0 heterocycles. The van der Waals surface area contributed by atoms with Crippen molar-refractivity contribution in [3.8, 4) is 0 Å². The van der Waals surface area contributed by atoms with Gasteiger partial charge in [0.05, 0.1) is 12.0 Å². The number of hydrogen-bond acceptors (Lipinski definition) is 2. The van der Waals surface area contributed by atoms with Crippen molar-refractivity contribution in [1.29, 1.82) is 0 Å². The summed E-state index contributed by atoms with van der Waals surface area (Å²) in [7, 11) is -3.35. The summed E-state index contributed by atoms with van der Waals surface area (Å²) in [6.45, 7) is 4.57. The lowest BCUT2D eigenvalue weighted by Crippen LogP contribution is -2.29. The van der Waals surface area contributed by atoms with Crippen molar-refractivity contribution in [3.05, 3.63) is 71.3 Å². The third kappa shape index (κ3) is 4.96. The number of sulfonamides is 1. The summed E-state index contributed by atoms with van der Waals surface area (Å²) in [6, 6.07) is 17.8. The first kappa shape index (κ1) is 18.3. The molecule has 0 aromatic heterocycles. The zero-order chi connectivity index (χ0) is 17.6. The Bertz CT molecular complexity index is 795. The van der Waals surface area contributed by atoms with E-state index in [9.17, 15) is 8.42 Å². The molecule has 0 saturated carbocycles. The minimum absolute atomic E-state index is 0.488. The number of benzene rings is 2. The molecule has 0 aliphatic carbocycles. The molecule has 0 radical (unpaired) electrons. The first-order valence-electron chi connectivity index (χ1n) is 8.23. The Morgan fingerprint density at radius 1 is 1.08 bits per heavy atom. The minimum Gasteiger partial charge on any atom is -0.270 e. The summed E-state index contributed by atoms with van der Waals surface area (Å²) in [5.74, 6) is 0. The molecule has 2 aromatic rings.